The number of carbonyl (C=O) groups excluding carboxylic acids is 1. The third kappa shape index (κ3) is 3.26. The van der Waals surface area contributed by atoms with Crippen LogP contribution in [0.2, 0.25) is 0 Å². The molecule has 0 saturated carbocycles. The van der Waals surface area contributed by atoms with Gasteiger partial charge in [0.05, 0.1) is 17.1 Å². The van der Waals surface area contributed by atoms with Gasteiger partial charge in [0.25, 0.3) is 5.91 Å². The number of hydrazine groups is 1. The van der Waals surface area contributed by atoms with Crippen molar-refractivity contribution in [3.05, 3.63) is 68.4 Å². The lowest BCUT2D eigenvalue weighted by Gasteiger charge is -2.18. The molecule has 1 amide bonds. The Kier molecular flexibility index (Phi) is 4.54. The molecule has 0 spiro atoms. The number of thiophene rings is 1. The predicted molar refractivity (Wildman–Crippen MR) is 98.5 cm³/mol. The first-order valence-corrected chi connectivity index (χ1v) is 9.12. The molecular weight excluding hydrogens is 355 g/mol. The number of H-pyrrole nitrogens is 1. The summed E-state index contributed by atoms with van der Waals surface area (Å²) in [7, 11) is 0. The molecule has 3 aromatic rings. The molecule has 4 N–H and O–H groups in total. The molecule has 4 rings (SSSR count). The van der Waals surface area contributed by atoms with E-state index in [1.807, 2.05) is 11.4 Å². The number of hydrogen-bond acceptors (Lipinski definition) is 5. The minimum Gasteiger partial charge on any atom is -0.352 e. The quantitative estimate of drug-likeness (QED) is 0.564. The molecule has 8 heteroatoms. The van der Waals surface area contributed by atoms with E-state index in [-0.39, 0.29) is 23.4 Å². The summed E-state index contributed by atoms with van der Waals surface area (Å²) >= 11 is 1.66. The number of pyridine rings is 1. The Bertz CT molecular complexity index is 1000. The van der Waals surface area contributed by atoms with E-state index in [0.717, 1.165) is 6.54 Å². The van der Waals surface area contributed by atoms with Gasteiger partial charge in [0.15, 0.2) is 0 Å². The first-order chi connectivity index (χ1) is 12.6. The SMILES string of the molecule is O=C(NCC1CNNC1c1cccs1)c1cc(=O)[nH]c2cc(F)ccc12. The van der Waals surface area contributed by atoms with E-state index in [0.29, 0.717) is 17.4 Å². The van der Waals surface area contributed by atoms with Crippen molar-refractivity contribution in [2.45, 2.75) is 6.04 Å². The van der Waals surface area contributed by atoms with E-state index >= 15 is 0 Å². The van der Waals surface area contributed by atoms with E-state index in [1.54, 1.807) is 11.3 Å². The standard InChI is InChI=1S/C18H17FN4O2S/c19-11-3-4-12-13(7-16(24)22-14(12)6-11)18(25)20-8-10-9-21-23-17(10)15-2-1-5-26-15/h1-7,10,17,21,23H,8-9H2,(H,20,25)(H,22,24). The second-order valence-electron chi connectivity index (χ2n) is 6.23. The van der Waals surface area contributed by atoms with Crippen molar-refractivity contribution >= 4 is 28.1 Å². The molecule has 0 aliphatic carbocycles. The molecule has 2 aromatic heterocycles. The highest BCUT2D eigenvalue weighted by molar-refractivity contribution is 7.10. The third-order valence-corrected chi connectivity index (χ3v) is 5.47. The normalized spacial score (nSPS) is 19.7. The largest absolute Gasteiger partial charge is 0.352 e. The number of aromatic amines is 1. The number of carbonyl (C=O) groups is 1. The van der Waals surface area contributed by atoms with Crippen LogP contribution >= 0.6 is 11.3 Å². The molecule has 26 heavy (non-hydrogen) atoms. The fourth-order valence-electron chi connectivity index (χ4n) is 3.24. The number of rotatable bonds is 4. The smallest absolute Gasteiger partial charge is 0.252 e. The zero-order valence-corrected chi connectivity index (χ0v) is 14.5. The zero-order valence-electron chi connectivity index (χ0n) is 13.7. The van der Waals surface area contributed by atoms with E-state index in [9.17, 15) is 14.0 Å². The van der Waals surface area contributed by atoms with E-state index < -0.39 is 11.4 Å². The molecule has 1 aliphatic rings. The first kappa shape index (κ1) is 16.9. The molecule has 1 aromatic carbocycles. The Labute approximate surface area is 152 Å². The molecule has 2 unspecified atom stereocenters. The van der Waals surface area contributed by atoms with Crippen LogP contribution in [0.25, 0.3) is 10.9 Å². The second-order valence-corrected chi connectivity index (χ2v) is 7.20. The average Bonchev–Trinajstić information content (AvgIpc) is 3.29. The zero-order chi connectivity index (χ0) is 18.1. The minimum absolute atomic E-state index is 0.125. The van der Waals surface area contributed by atoms with Crippen molar-refractivity contribution in [2.75, 3.05) is 13.1 Å². The second kappa shape index (κ2) is 6.99. The van der Waals surface area contributed by atoms with Crippen LogP contribution in [0.4, 0.5) is 4.39 Å². The first-order valence-electron chi connectivity index (χ1n) is 8.24. The Morgan fingerprint density at radius 1 is 1.31 bits per heavy atom. The van der Waals surface area contributed by atoms with Gasteiger partial charge in [0, 0.05) is 35.3 Å². The van der Waals surface area contributed by atoms with E-state index in [4.69, 9.17) is 0 Å². The van der Waals surface area contributed by atoms with Gasteiger partial charge in [-0.3, -0.25) is 15.0 Å². The van der Waals surface area contributed by atoms with Crippen LogP contribution in [0.1, 0.15) is 21.3 Å². The predicted octanol–water partition coefficient (Wildman–Crippen LogP) is 1.92. The van der Waals surface area contributed by atoms with Gasteiger partial charge in [-0.05, 0) is 29.6 Å². The van der Waals surface area contributed by atoms with Crippen LogP contribution < -0.4 is 21.7 Å². The summed E-state index contributed by atoms with van der Waals surface area (Å²) < 4.78 is 13.4. The molecule has 0 radical (unpaired) electrons. The maximum Gasteiger partial charge on any atom is 0.252 e. The van der Waals surface area contributed by atoms with E-state index in [2.05, 4.69) is 27.2 Å². The molecule has 134 valence electrons. The third-order valence-electron chi connectivity index (χ3n) is 4.52. The van der Waals surface area contributed by atoms with Crippen molar-refractivity contribution in [1.82, 2.24) is 21.2 Å². The van der Waals surface area contributed by atoms with Crippen LogP contribution in [0.5, 0.6) is 0 Å². The van der Waals surface area contributed by atoms with Crippen molar-refractivity contribution < 1.29 is 9.18 Å². The highest BCUT2D eigenvalue weighted by atomic mass is 32.1. The monoisotopic (exact) mass is 372 g/mol. The van der Waals surface area contributed by atoms with Gasteiger partial charge in [0.1, 0.15) is 5.82 Å². The number of hydrogen-bond donors (Lipinski definition) is 4. The molecule has 3 heterocycles. The summed E-state index contributed by atoms with van der Waals surface area (Å²) in [6.07, 6.45) is 0. The van der Waals surface area contributed by atoms with Gasteiger partial charge in [-0.25, -0.2) is 9.82 Å². The maximum absolute atomic E-state index is 13.4. The van der Waals surface area contributed by atoms with Crippen molar-refractivity contribution in [2.24, 2.45) is 5.92 Å². The number of halogens is 1. The number of amides is 1. The molecule has 1 saturated heterocycles. The Hall–Kier alpha value is -2.55. The summed E-state index contributed by atoms with van der Waals surface area (Å²) in [4.78, 5) is 28.2. The average molecular weight is 372 g/mol. The van der Waals surface area contributed by atoms with Crippen LogP contribution in [0.3, 0.4) is 0 Å². The van der Waals surface area contributed by atoms with E-state index in [1.165, 1.54) is 29.1 Å². The van der Waals surface area contributed by atoms with Crippen LogP contribution in [0, 0.1) is 11.7 Å². The molecule has 0 bridgehead atoms. The molecule has 2 atom stereocenters. The molecule has 6 nitrogen and oxygen atoms in total. The molecular formula is C18H17FN4O2S. The fourth-order valence-corrected chi connectivity index (χ4v) is 4.11. The highest BCUT2D eigenvalue weighted by Crippen LogP contribution is 2.28. The minimum atomic E-state index is -0.465. The lowest BCUT2D eigenvalue weighted by atomic mass is 10.0. The molecule has 1 fully saturated rings. The maximum atomic E-state index is 13.4. The topological polar surface area (TPSA) is 86.0 Å². The van der Waals surface area contributed by atoms with Crippen molar-refractivity contribution in [3.63, 3.8) is 0 Å². The number of fused-ring (bicyclic) bond motifs is 1. The lowest BCUT2D eigenvalue weighted by Crippen LogP contribution is -2.33. The van der Waals surface area contributed by atoms with Gasteiger partial charge in [-0.1, -0.05) is 6.07 Å². The summed E-state index contributed by atoms with van der Waals surface area (Å²) in [5.41, 5.74) is 6.48. The van der Waals surface area contributed by atoms with Crippen LogP contribution in [-0.2, 0) is 0 Å². The van der Waals surface area contributed by atoms with Gasteiger partial charge in [-0.2, -0.15) is 0 Å². The van der Waals surface area contributed by atoms with Crippen LogP contribution in [-0.4, -0.2) is 24.0 Å². The molecule has 1 aliphatic heterocycles. The number of aromatic nitrogens is 1. The van der Waals surface area contributed by atoms with Gasteiger partial charge < -0.3 is 10.3 Å². The summed E-state index contributed by atoms with van der Waals surface area (Å²) in [6.45, 7) is 1.18. The Morgan fingerprint density at radius 2 is 2.19 bits per heavy atom. The van der Waals surface area contributed by atoms with Crippen molar-refractivity contribution in [1.29, 1.82) is 0 Å². The van der Waals surface area contributed by atoms with Crippen molar-refractivity contribution in [3.8, 4) is 0 Å². The van der Waals surface area contributed by atoms with Gasteiger partial charge in [-0.15, -0.1) is 11.3 Å². The fraction of sp³-hybridized carbons (Fsp3) is 0.222. The summed E-state index contributed by atoms with van der Waals surface area (Å²) in [6, 6.07) is 9.42. The highest BCUT2D eigenvalue weighted by Gasteiger charge is 2.29. The summed E-state index contributed by atoms with van der Waals surface area (Å²) in [5, 5.41) is 5.44. The Morgan fingerprint density at radius 3 is 3.00 bits per heavy atom. The van der Waals surface area contributed by atoms with Gasteiger partial charge >= 0.3 is 0 Å². The Balaban J connectivity index is 1.54. The number of benzene rings is 1. The summed E-state index contributed by atoms with van der Waals surface area (Å²) in [5.74, 6) is -0.625. The van der Waals surface area contributed by atoms with Gasteiger partial charge in [0.2, 0.25) is 5.56 Å². The lowest BCUT2D eigenvalue weighted by molar-refractivity contribution is 0.0948. The van der Waals surface area contributed by atoms with Crippen LogP contribution in [0.15, 0.2) is 46.6 Å². The number of nitrogens with one attached hydrogen (secondary N) is 4.